The molecule has 2 aliphatic rings. The third-order valence-corrected chi connectivity index (χ3v) is 6.82. The Morgan fingerprint density at radius 3 is 2.66 bits per heavy atom. The average molecular weight is 522 g/mol. The number of ether oxygens (including phenoxy) is 1. The van der Waals surface area contributed by atoms with E-state index < -0.39 is 11.6 Å². The molecule has 2 aliphatic heterocycles. The van der Waals surface area contributed by atoms with Crippen LogP contribution in [0.25, 0.3) is 28.6 Å². The average Bonchev–Trinajstić information content (AvgIpc) is 3.53. The first-order valence-corrected chi connectivity index (χ1v) is 12.3. The van der Waals surface area contributed by atoms with E-state index >= 15 is 0 Å². The number of carbonyl (C=O) groups is 1. The van der Waals surface area contributed by atoms with Gasteiger partial charge in [0.1, 0.15) is 41.7 Å². The number of carbonyl (C=O) groups excluding carboxylic acids is 1. The Morgan fingerprint density at radius 1 is 1.03 bits per heavy atom. The van der Waals surface area contributed by atoms with Gasteiger partial charge in [-0.25, -0.2) is 23.4 Å². The highest BCUT2D eigenvalue weighted by molar-refractivity contribution is 5.96. The summed E-state index contributed by atoms with van der Waals surface area (Å²) in [5, 5.41) is 13.3. The van der Waals surface area contributed by atoms with E-state index in [0.29, 0.717) is 80.1 Å². The van der Waals surface area contributed by atoms with Gasteiger partial charge in [0.2, 0.25) is 0 Å². The molecule has 4 heterocycles. The molecule has 1 amide bonds. The highest BCUT2D eigenvalue weighted by Gasteiger charge is 2.26. The zero-order valence-electron chi connectivity index (χ0n) is 20.4. The number of aliphatic hydroxyl groups excluding tert-OH is 1. The van der Waals surface area contributed by atoms with Gasteiger partial charge in [-0.15, -0.1) is 0 Å². The number of nitrogens with zero attached hydrogens (tertiary/aromatic N) is 7. The largest absolute Gasteiger partial charge is 0.491 e. The summed E-state index contributed by atoms with van der Waals surface area (Å²) in [5.41, 5.74) is 1.69. The van der Waals surface area contributed by atoms with Crippen molar-refractivity contribution in [2.75, 3.05) is 45.9 Å². The smallest absolute Gasteiger partial charge is 0.253 e. The number of aliphatic hydroxyl groups is 1. The van der Waals surface area contributed by atoms with Gasteiger partial charge < -0.3 is 19.3 Å². The highest BCUT2D eigenvalue weighted by Crippen LogP contribution is 2.35. The van der Waals surface area contributed by atoms with Crippen molar-refractivity contribution in [3.8, 4) is 34.3 Å². The summed E-state index contributed by atoms with van der Waals surface area (Å²) in [6.45, 7) is 4.20. The summed E-state index contributed by atoms with van der Waals surface area (Å²) in [5.74, 6) is -0.0374. The van der Waals surface area contributed by atoms with Gasteiger partial charge in [0.15, 0.2) is 11.6 Å². The molecule has 0 aliphatic carbocycles. The van der Waals surface area contributed by atoms with E-state index in [2.05, 4.69) is 15.0 Å². The van der Waals surface area contributed by atoms with Gasteiger partial charge >= 0.3 is 0 Å². The molecular weight excluding hydrogens is 496 g/mol. The molecule has 0 spiro atoms. The molecule has 1 N–H and O–H groups in total. The minimum Gasteiger partial charge on any atom is -0.491 e. The maximum atomic E-state index is 14.5. The minimum absolute atomic E-state index is 0.0535. The number of hydrogen-bond donors (Lipinski definition) is 1. The lowest BCUT2D eigenvalue weighted by Crippen LogP contribution is -2.49. The zero-order valence-corrected chi connectivity index (χ0v) is 20.4. The van der Waals surface area contributed by atoms with Gasteiger partial charge in [-0.2, -0.15) is 5.10 Å². The van der Waals surface area contributed by atoms with Gasteiger partial charge in [0.25, 0.3) is 5.91 Å². The normalized spacial score (nSPS) is 15.5. The maximum Gasteiger partial charge on any atom is 0.253 e. The van der Waals surface area contributed by atoms with E-state index in [1.165, 1.54) is 17.1 Å². The predicted octanol–water partition coefficient (Wildman–Crippen LogP) is 2.22. The fourth-order valence-corrected chi connectivity index (χ4v) is 4.87. The highest BCUT2D eigenvalue weighted by atomic mass is 19.1. The van der Waals surface area contributed by atoms with Crippen LogP contribution in [0.3, 0.4) is 0 Å². The molecule has 10 nitrogen and oxygen atoms in total. The molecule has 0 radical (unpaired) electrons. The second kappa shape index (κ2) is 9.95. The molecule has 0 unspecified atom stereocenters. The van der Waals surface area contributed by atoms with E-state index in [1.54, 1.807) is 24.4 Å². The maximum absolute atomic E-state index is 14.5. The fraction of sp³-hybridized carbons (Fsp3) is 0.308. The molecule has 1 saturated heterocycles. The molecule has 196 valence electrons. The molecule has 12 heteroatoms. The summed E-state index contributed by atoms with van der Waals surface area (Å²) in [6, 6.07) is 8.58. The van der Waals surface area contributed by atoms with Crippen molar-refractivity contribution in [3.05, 3.63) is 66.1 Å². The number of fused-ring (bicyclic) bond motifs is 3. The number of hydrogen-bond acceptors (Lipinski definition) is 7. The molecule has 4 aromatic rings. The second-order valence-electron chi connectivity index (χ2n) is 9.15. The lowest BCUT2D eigenvalue weighted by atomic mass is 10.1. The first-order valence-electron chi connectivity index (χ1n) is 12.3. The zero-order chi connectivity index (χ0) is 26.2. The van der Waals surface area contributed by atoms with Crippen LogP contribution in [-0.4, -0.2) is 91.1 Å². The molecule has 0 atom stereocenters. The van der Waals surface area contributed by atoms with Crippen LogP contribution in [0.2, 0.25) is 0 Å². The van der Waals surface area contributed by atoms with Gasteiger partial charge in [-0.1, -0.05) is 0 Å². The van der Waals surface area contributed by atoms with Crippen LogP contribution < -0.4 is 4.74 Å². The quantitative estimate of drug-likeness (QED) is 0.430. The van der Waals surface area contributed by atoms with Crippen molar-refractivity contribution in [3.63, 3.8) is 0 Å². The summed E-state index contributed by atoms with van der Waals surface area (Å²) in [4.78, 5) is 26.3. The second-order valence-corrected chi connectivity index (χ2v) is 9.15. The van der Waals surface area contributed by atoms with Crippen LogP contribution in [0.15, 0.2) is 48.9 Å². The van der Waals surface area contributed by atoms with Crippen LogP contribution >= 0.6 is 0 Å². The number of imidazole rings is 1. The summed E-state index contributed by atoms with van der Waals surface area (Å²) >= 11 is 0. The SMILES string of the molecule is O=C(c1ccc2c(c1)-c1nc(-c3ncnn3-c3ccc(F)cc3F)cn1CCO2)N1CCN(CCO)CC1. The van der Waals surface area contributed by atoms with Crippen LogP contribution in [0, 0.1) is 11.6 Å². The van der Waals surface area contributed by atoms with Gasteiger partial charge in [0, 0.05) is 50.6 Å². The molecule has 6 rings (SSSR count). The van der Waals surface area contributed by atoms with E-state index in [1.807, 2.05) is 9.47 Å². The van der Waals surface area contributed by atoms with Gasteiger partial charge in [-0.3, -0.25) is 9.69 Å². The number of β-amino-alcohol motifs (C(OH)–C–C–N with tert-alkyl or cyclic N) is 1. The first-order chi connectivity index (χ1) is 18.5. The van der Waals surface area contributed by atoms with E-state index in [0.717, 1.165) is 12.1 Å². The number of halogens is 2. The lowest BCUT2D eigenvalue weighted by molar-refractivity contribution is 0.0615. The first kappa shape index (κ1) is 24.2. The Hall–Kier alpha value is -4.16. The van der Waals surface area contributed by atoms with Crippen LogP contribution in [0.1, 0.15) is 10.4 Å². The Bertz CT molecular complexity index is 1490. The molecule has 38 heavy (non-hydrogen) atoms. The summed E-state index contributed by atoms with van der Waals surface area (Å²) < 4.78 is 37.1. The minimum atomic E-state index is -0.767. The Morgan fingerprint density at radius 2 is 1.87 bits per heavy atom. The number of rotatable bonds is 5. The molecule has 2 aromatic carbocycles. The number of amides is 1. The topological polar surface area (TPSA) is 102 Å². The lowest BCUT2D eigenvalue weighted by Gasteiger charge is -2.34. The Kier molecular flexibility index (Phi) is 6.34. The predicted molar refractivity (Wildman–Crippen MR) is 133 cm³/mol. The number of benzene rings is 2. The molecule has 0 bridgehead atoms. The van der Waals surface area contributed by atoms with Crippen molar-refractivity contribution in [1.29, 1.82) is 0 Å². The van der Waals surface area contributed by atoms with Crippen LogP contribution in [0.4, 0.5) is 8.78 Å². The van der Waals surface area contributed by atoms with Gasteiger partial charge in [0.05, 0.1) is 18.7 Å². The summed E-state index contributed by atoms with van der Waals surface area (Å²) in [7, 11) is 0. The van der Waals surface area contributed by atoms with Crippen molar-refractivity contribution < 1.29 is 23.4 Å². The molecule has 2 aromatic heterocycles. The van der Waals surface area contributed by atoms with Crippen molar-refractivity contribution in [1.82, 2.24) is 34.1 Å². The van der Waals surface area contributed by atoms with Crippen molar-refractivity contribution in [2.24, 2.45) is 0 Å². The van der Waals surface area contributed by atoms with Crippen molar-refractivity contribution in [2.45, 2.75) is 6.54 Å². The monoisotopic (exact) mass is 521 g/mol. The van der Waals surface area contributed by atoms with E-state index in [4.69, 9.17) is 14.8 Å². The Balaban J connectivity index is 1.33. The summed E-state index contributed by atoms with van der Waals surface area (Å²) in [6.07, 6.45) is 3.07. The standard InChI is InChI=1S/C26H25F2N7O3/c27-18-2-3-22(20(28)14-18)35-25(29-16-30-35)21-15-34-10-12-38-23-4-1-17(13-19(23)24(34)31-21)26(37)33-7-5-32(6-8-33)9-11-36/h1-4,13-16,36H,5-12H2. The third kappa shape index (κ3) is 4.41. The number of piperazine rings is 1. The van der Waals surface area contributed by atoms with Gasteiger partial charge in [-0.05, 0) is 30.3 Å². The van der Waals surface area contributed by atoms with Crippen LogP contribution in [-0.2, 0) is 6.54 Å². The molecular formula is C26H25F2N7O3. The van der Waals surface area contributed by atoms with Crippen LogP contribution in [0.5, 0.6) is 5.75 Å². The van der Waals surface area contributed by atoms with E-state index in [-0.39, 0.29) is 18.2 Å². The Labute approximate surface area is 216 Å². The van der Waals surface area contributed by atoms with E-state index in [9.17, 15) is 13.6 Å². The number of aromatic nitrogens is 5. The molecule has 0 saturated carbocycles. The van der Waals surface area contributed by atoms with Crippen molar-refractivity contribution >= 4 is 5.91 Å². The fourth-order valence-electron chi connectivity index (χ4n) is 4.87. The molecule has 1 fully saturated rings. The third-order valence-electron chi connectivity index (χ3n) is 6.82.